The first-order chi connectivity index (χ1) is 10.4. The van der Waals surface area contributed by atoms with Crippen LogP contribution in [0.4, 0.5) is 5.69 Å². The highest BCUT2D eigenvalue weighted by atomic mass is 32.2. The zero-order chi connectivity index (χ0) is 16.6. The molecule has 0 aromatic heterocycles. The fraction of sp³-hybridized carbons (Fsp3) is 0.467. The van der Waals surface area contributed by atoms with Gasteiger partial charge in [0.25, 0.3) is 0 Å². The molecule has 1 aromatic carbocycles. The molecule has 1 rings (SSSR count). The lowest BCUT2D eigenvalue weighted by Gasteiger charge is -2.27. The zero-order valence-corrected chi connectivity index (χ0v) is 14.1. The summed E-state index contributed by atoms with van der Waals surface area (Å²) in [6.07, 6.45) is 1.94. The lowest BCUT2D eigenvalue weighted by molar-refractivity contribution is -0.137. The van der Waals surface area contributed by atoms with Crippen LogP contribution >= 0.6 is 11.8 Å². The number of hydrogen-bond acceptors (Lipinski definition) is 5. The molecule has 6 nitrogen and oxygen atoms in total. The van der Waals surface area contributed by atoms with Crippen LogP contribution in [0.1, 0.15) is 6.92 Å². The summed E-state index contributed by atoms with van der Waals surface area (Å²) in [6, 6.07) is 7.28. The van der Waals surface area contributed by atoms with Crippen LogP contribution in [0.5, 0.6) is 0 Å². The smallest absolute Gasteiger partial charge is 0.313 e. The second-order valence-corrected chi connectivity index (χ2v) is 5.84. The predicted molar refractivity (Wildman–Crippen MR) is 87.2 cm³/mol. The highest BCUT2D eigenvalue weighted by Crippen LogP contribution is 2.18. The van der Waals surface area contributed by atoms with Crippen molar-refractivity contribution >= 4 is 29.3 Å². The van der Waals surface area contributed by atoms with Gasteiger partial charge in [0.05, 0.1) is 6.61 Å². The Kier molecular flexibility index (Phi) is 7.37. The summed E-state index contributed by atoms with van der Waals surface area (Å²) >= 11 is 1.56. The number of thioether (sulfide) groups is 1. The monoisotopic (exact) mass is 326 g/mol. The molecule has 0 aliphatic rings. The van der Waals surface area contributed by atoms with E-state index in [9.17, 15) is 9.59 Å². The minimum absolute atomic E-state index is 0.175. The molecule has 0 unspecified atom stereocenters. The van der Waals surface area contributed by atoms with Crippen molar-refractivity contribution in [3.63, 3.8) is 0 Å². The molecule has 2 N–H and O–H groups in total. The van der Waals surface area contributed by atoms with Gasteiger partial charge < -0.3 is 20.1 Å². The summed E-state index contributed by atoms with van der Waals surface area (Å²) in [7, 11) is 3.07. The van der Waals surface area contributed by atoms with E-state index in [0.717, 1.165) is 4.90 Å². The van der Waals surface area contributed by atoms with Crippen molar-refractivity contribution in [3.8, 4) is 0 Å². The van der Waals surface area contributed by atoms with Crippen LogP contribution in [0.15, 0.2) is 29.2 Å². The number of hydrogen-bond donors (Lipinski definition) is 2. The Bertz CT molecular complexity index is 524. The second kappa shape index (κ2) is 8.77. The summed E-state index contributed by atoms with van der Waals surface area (Å²) in [5, 5.41) is 5.11. The summed E-state index contributed by atoms with van der Waals surface area (Å²) in [4.78, 5) is 24.7. The Hall–Kier alpha value is -1.57. The van der Waals surface area contributed by atoms with Gasteiger partial charge in [-0.15, -0.1) is 11.8 Å². The standard InChI is InChI=1S/C15H22N2O4S/c1-15(21-3,10-20-2)9-16-13(18)14(19)17-11-6-5-7-12(8-11)22-4/h5-8H,9-10H2,1-4H3,(H,16,18)(H,17,19)/t15-/m0/s1. The first-order valence-corrected chi connectivity index (χ1v) is 7.94. The van der Waals surface area contributed by atoms with Crippen molar-refractivity contribution < 1.29 is 19.1 Å². The topological polar surface area (TPSA) is 76.7 Å². The highest BCUT2D eigenvalue weighted by molar-refractivity contribution is 7.98. The quantitative estimate of drug-likeness (QED) is 0.587. The van der Waals surface area contributed by atoms with Crippen LogP contribution < -0.4 is 10.6 Å². The molecule has 0 heterocycles. The van der Waals surface area contributed by atoms with Gasteiger partial charge in [-0.2, -0.15) is 0 Å². The fourth-order valence-corrected chi connectivity index (χ4v) is 2.18. The number of nitrogens with one attached hydrogen (secondary N) is 2. The number of methoxy groups -OCH3 is 2. The first-order valence-electron chi connectivity index (χ1n) is 6.71. The molecule has 0 radical (unpaired) electrons. The number of carbonyl (C=O) groups excluding carboxylic acids is 2. The normalized spacial score (nSPS) is 13.3. The number of anilines is 1. The molecule has 1 atom stereocenters. The predicted octanol–water partition coefficient (Wildman–Crippen LogP) is 1.51. The Morgan fingerprint density at radius 2 is 2.00 bits per heavy atom. The van der Waals surface area contributed by atoms with Gasteiger partial charge in [0.2, 0.25) is 0 Å². The van der Waals surface area contributed by atoms with Crippen molar-refractivity contribution in [2.24, 2.45) is 0 Å². The van der Waals surface area contributed by atoms with E-state index in [1.165, 1.54) is 7.11 Å². The summed E-state index contributed by atoms with van der Waals surface area (Å²) < 4.78 is 10.3. The Morgan fingerprint density at radius 1 is 1.27 bits per heavy atom. The number of amides is 2. The summed E-state index contributed by atoms with van der Waals surface area (Å²) in [5.41, 5.74) is -0.0953. The van der Waals surface area contributed by atoms with E-state index in [4.69, 9.17) is 9.47 Å². The largest absolute Gasteiger partial charge is 0.382 e. The number of ether oxygens (including phenoxy) is 2. The van der Waals surface area contributed by atoms with Gasteiger partial charge in [-0.25, -0.2) is 0 Å². The maximum absolute atomic E-state index is 11.9. The molecule has 0 bridgehead atoms. The van der Waals surface area contributed by atoms with Crippen LogP contribution in [0.2, 0.25) is 0 Å². The zero-order valence-electron chi connectivity index (χ0n) is 13.3. The second-order valence-electron chi connectivity index (χ2n) is 4.96. The SMILES string of the molecule is COC[C@](C)(CNC(=O)C(=O)Nc1cccc(SC)c1)OC. The molecule has 0 aliphatic heterocycles. The molecule has 1 aromatic rings. The maximum atomic E-state index is 11.9. The molecule has 22 heavy (non-hydrogen) atoms. The van der Waals surface area contributed by atoms with E-state index in [-0.39, 0.29) is 6.54 Å². The third-order valence-corrected chi connectivity index (χ3v) is 3.82. The van der Waals surface area contributed by atoms with Crippen LogP contribution in [-0.2, 0) is 19.1 Å². The molecule has 122 valence electrons. The summed E-state index contributed by atoms with van der Waals surface area (Å²) in [6.45, 7) is 2.27. The van der Waals surface area contributed by atoms with Crippen LogP contribution in [0.25, 0.3) is 0 Å². The molecule has 2 amide bonds. The molecular weight excluding hydrogens is 304 g/mol. The van der Waals surface area contributed by atoms with E-state index >= 15 is 0 Å². The van der Waals surface area contributed by atoms with Crippen molar-refractivity contribution in [2.45, 2.75) is 17.4 Å². The van der Waals surface area contributed by atoms with E-state index in [0.29, 0.717) is 12.3 Å². The average molecular weight is 326 g/mol. The molecule has 0 saturated heterocycles. The van der Waals surface area contributed by atoms with Gasteiger partial charge in [-0.05, 0) is 31.4 Å². The third-order valence-electron chi connectivity index (χ3n) is 3.10. The van der Waals surface area contributed by atoms with Crippen LogP contribution in [0.3, 0.4) is 0 Å². The summed E-state index contributed by atoms with van der Waals surface area (Å²) in [5.74, 6) is -1.43. The minimum atomic E-state index is -0.714. The van der Waals surface area contributed by atoms with E-state index in [1.807, 2.05) is 18.4 Å². The van der Waals surface area contributed by atoms with Crippen molar-refractivity contribution in [3.05, 3.63) is 24.3 Å². The molecular formula is C15H22N2O4S. The lowest BCUT2D eigenvalue weighted by Crippen LogP contribution is -2.48. The minimum Gasteiger partial charge on any atom is -0.382 e. The Balaban J connectivity index is 2.56. The van der Waals surface area contributed by atoms with Gasteiger partial charge in [0.15, 0.2) is 0 Å². The van der Waals surface area contributed by atoms with Crippen molar-refractivity contribution in [1.82, 2.24) is 5.32 Å². The molecule has 0 fully saturated rings. The molecule has 7 heteroatoms. The maximum Gasteiger partial charge on any atom is 0.313 e. The van der Waals surface area contributed by atoms with Crippen LogP contribution in [0, 0.1) is 0 Å². The van der Waals surface area contributed by atoms with Gasteiger partial charge in [-0.1, -0.05) is 6.07 Å². The molecule has 0 saturated carbocycles. The number of benzene rings is 1. The van der Waals surface area contributed by atoms with E-state index < -0.39 is 17.4 Å². The highest BCUT2D eigenvalue weighted by Gasteiger charge is 2.26. The molecule has 0 aliphatic carbocycles. The average Bonchev–Trinajstić information content (AvgIpc) is 2.53. The Labute approximate surface area is 134 Å². The van der Waals surface area contributed by atoms with Gasteiger partial charge in [-0.3, -0.25) is 9.59 Å². The van der Waals surface area contributed by atoms with Crippen LogP contribution in [-0.4, -0.2) is 51.0 Å². The van der Waals surface area contributed by atoms with Gasteiger partial charge >= 0.3 is 11.8 Å². The Morgan fingerprint density at radius 3 is 2.59 bits per heavy atom. The number of rotatable bonds is 7. The van der Waals surface area contributed by atoms with Crippen molar-refractivity contribution in [1.29, 1.82) is 0 Å². The van der Waals surface area contributed by atoms with E-state index in [2.05, 4.69) is 10.6 Å². The van der Waals surface area contributed by atoms with Gasteiger partial charge in [0, 0.05) is 31.3 Å². The van der Waals surface area contributed by atoms with Gasteiger partial charge in [0.1, 0.15) is 5.60 Å². The van der Waals surface area contributed by atoms with Crippen molar-refractivity contribution in [2.75, 3.05) is 38.9 Å². The first kappa shape index (κ1) is 18.5. The lowest BCUT2D eigenvalue weighted by atomic mass is 10.1. The number of carbonyl (C=O) groups is 2. The fourth-order valence-electron chi connectivity index (χ4n) is 1.72. The molecule has 0 spiro atoms. The van der Waals surface area contributed by atoms with E-state index in [1.54, 1.807) is 37.9 Å². The third kappa shape index (κ3) is 5.67.